The number of hydrogen-bond acceptors (Lipinski definition) is 9. The number of ether oxygens (including phenoxy) is 2. The lowest BCUT2D eigenvalue weighted by Crippen LogP contribution is -2.53. The Bertz CT molecular complexity index is 2110. The molecule has 2 saturated carbocycles. The van der Waals surface area contributed by atoms with Gasteiger partial charge in [-0.1, -0.05) is 55.3 Å². The number of primary amides is 1. The number of pyridine rings is 1. The number of amides is 4. The molecule has 2 heterocycles. The summed E-state index contributed by atoms with van der Waals surface area (Å²) >= 11 is 0. The number of carbonyl (C=O) groups excluding carboxylic acids is 4. The average Bonchev–Trinajstić information content (AvgIpc) is 4.10. The number of rotatable bonds is 15. The molecule has 0 spiro atoms. The normalized spacial score (nSPS) is 19.6. The number of unbranched alkanes of at least 4 members (excludes halogenated alkanes) is 3. The Morgan fingerprint density at radius 2 is 1.75 bits per heavy atom. The molecule has 3 fully saturated rings. The van der Waals surface area contributed by atoms with Gasteiger partial charge in [0.1, 0.15) is 23.4 Å². The van der Waals surface area contributed by atoms with E-state index >= 15 is 0 Å². The molecule has 3 aliphatic rings. The second-order valence-corrected chi connectivity index (χ2v) is 17.9. The van der Waals surface area contributed by atoms with Crippen LogP contribution in [0, 0.1) is 11.8 Å². The van der Waals surface area contributed by atoms with Gasteiger partial charge in [-0.3, -0.25) is 23.9 Å². The molecule has 1 aromatic heterocycles. The Morgan fingerprint density at radius 1 is 1.02 bits per heavy atom. The fourth-order valence-electron chi connectivity index (χ4n) is 6.83. The van der Waals surface area contributed by atoms with Crippen LogP contribution in [0.3, 0.4) is 0 Å². The number of nitrogens with one attached hydrogen (secondary N) is 3. The molecule has 1 saturated heterocycles. The van der Waals surface area contributed by atoms with E-state index in [4.69, 9.17) is 15.2 Å². The number of allylic oxidation sites excluding steroid dienone is 2. The SMILES string of the molecule is CC(C)(C)OC(=O)N[C@@H](CCCCC/C=C\C1CC1C(=O)NS(=O)(=O)C1CC1)C(=O)N1CCCC1C(N)=O.COc1ccc2c(=O)cc(-c3ccccc3)[nH]c2c1. The number of aromatic amines is 1. The number of benzene rings is 2. The minimum Gasteiger partial charge on any atom is -0.497 e. The smallest absolute Gasteiger partial charge is 0.408 e. The van der Waals surface area contributed by atoms with Gasteiger partial charge in [-0.2, -0.15) is 0 Å². The van der Waals surface area contributed by atoms with Gasteiger partial charge in [-0.25, -0.2) is 13.2 Å². The Labute approximate surface area is 334 Å². The predicted molar refractivity (Wildman–Crippen MR) is 218 cm³/mol. The number of H-pyrrole nitrogens is 1. The van der Waals surface area contributed by atoms with Crippen molar-refractivity contribution in [3.63, 3.8) is 0 Å². The maximum atomic E-state index is 13.2. The second-order valence-electron chi connectivity index (χ2n) is 15.9. The maximum Gasteiger partial charge on any atom is 0.408 e. The Kier molecular flexibility index (Phi) is 14.2. The van der Waals surface area contributed by atoms with Gasteiger partial charge in [0.25, 0.3) is 0 Å². The first kappa shape index (κ1) is 43.0. The van der Waals surface area contributed by atoms with Crippen molar-refractivity contribution in [1.29, 1.82) is 0 Å². The zero-order valence-electron chi connectivity index (χ0n) is 33.1. The van der Waals surface area contributed by atoms with Crippen molar-refractivity contribution in [3.05, 3.63) is 77.0 Å². The molecule has 308 valence electrons. The number of methoxy groups -OCH3 is 1. The van der Waals surface area contributed by atoms with Gasteiger partial charge in [0, 0.05) is 35.7 Å². The van der Waals surface area contributed by atoms with E-state index in [0.717, 1.165) is 41.8 Å². The lowest BCUT2D eigenvalue weighted by atomic mass is 10.0. The fraction of sp³-hybridized carbons (Fsp3) is 0.500. The van der Waals surface area contributed by atoms with E-state index in [1.165, 1.54) is 4.90 Å². The van der Waals surface area contributed by atoms with Gasteiger partial charge >= 0.3 is 6.09 Å². The van der Waals surface area contributed by atoms with Crippen molar-refractivity contribution in [2.24, 2.45) is 17.6 Å². The monoisotopic (exact) mass is 805 g/mol. The predicted octanol–water partition coefficient (Wildman–Crippen LogP) is 5.31. The molecule has 14 nitrogen and oxygen atoms in total. The number of alkyl carbamates (subject to hydrolysis) is 1. The van der Waals surface area contributed by atoms with Crippen LogP contribution in [0.4, 0.5) is 4.79 Å². The van der Waals surface area contributed by atoms with Crippen LogP contribution in [-0.4, -0.2) is 78.7 Å². The first-order chi connectivity index (χ1) is 27.1. The van der Waals surface area contributed by atoms with E-state index in [1.54, 1.807) is 46.1 Å². The van der Waals surface area contributed by atoms with Crippen molar-refractivity contribution in [1.82, 2.24) is 19.9 Å². The van der Waals surface area contributed by atoms with Crippen LogP contribution in [0.1, 0.15) is 85.0 Å². The van der Waals surface area contributed by atoms with E-state index in [0.29, 0.717) is 56.9 Å². The zero-order chi connectivity index (χ0) is 41.3. The quantitative estimate of drug-likeness (QED) is 0.116. The van der Waals surface area contributed by atoms with Gasteiger partial charge in [0.15, 0.2) is 5.43 Å². The summed E-state index contributed by atoms with van der Waals surface area (Å²) in [5.41, 5.74) is 7.36. The molecule has 5 N–H and O–H groups in total. The Balaban J connectivity index is 0.000000270. The van der Waals surface area contributed by atoms with Crippen molar-refractivity contribution < 1.29 is 37.1 Å². The molecule has 57 heavy (non-hydrogen) atoms. The van der Waals surface area contributed by atoms with Crippen molar-refractivity contribution >= 4 is 44.7 Å². The summed E-state index contributed by atoms with van der Waals surface area (Å²) in [6, 6.07) is 15.4. The van der Waals surface area contributed by atoms with Gasteiger partial charge in [-0.15, -0.1) is 0 Å². The first-order valence-corrected chi connectivity index (χ1v) is 21.2. The minimum atomic E-state index is -3.50. The number of aromatic nitrogens is 1. The summed E-state index contributed by atoms with van der Waals surface area (Å²) in [6.45, 7) is 5.66. The van der Waals surface area contributed by atoms with Crippen molar-refractivity contribution in [3.8, 4) is 17.0 Å². The molecule has 2 aromatic carbocycles. The third-order valence-electron chi connectivity index (χ3n) is 10.1. The number of fused-ring (bicyclic) bond motifs is 1. The van der Waals surface area contributed by atoms with Gasteiger partial charge in [0.2, 0.25) is 27.7 Å². The molecule has 4 amide bonds. The molecular weight excluding hydrogens is 751 g/mol. The van der Waals surface area contributed by atoms with Crippen molar-refractivity contribution in [2.45, 2.75) is 108 Å². The minimum absolute atomic E-state index is 0.00950. The summed E-state index contributed by atoms with van der Waals surface area (Å²) in [5, 5.41) is 2.94. The molecule has 15 heteroatoms. The topological polar surface area (TPSA) is 207 Å². The van der Waals surface area contributed by atoms with Crippen LogP contribution in [0.15, 0.2) is 71.5 Å². The van der Waals surface area contributed by atoms with E-state index in [9.17, 15) is 32.4 Å². The summed E-state index contributed by atoms with van der Waals surface area (Å²) in [7, 11) is -1.89. The average molecular weight is 806 g/mol. The van der Waals surface area contributed by atoms with Gasteiger partial charge in [0.05, 0.1) is 17.9 Å². The lowest BCUT2D eigenvalue weighted by Gasteiger charge is -2.28. The molecule has 2 aliphatic carbocycles. The summed E-state index contributed by atoms with van der Waals surface area (Å²) in [4.78, 5) is 66.3. The molecule has 0 radical (unpaired) electrons. The molecule has 6 rings (SSSR count). The van der Waals surface area contributed by atoms with Gasteiger partial charge < -0.3 is 30.4 Å². The van der Waals surface area contributed by atoms with E-state index in [1.807, 2.05) is 48.6 Å². The summed E-state index contributed by atoms with van der Waals surface area (Å²) in [6.07, 6.45) is 9.96. The summed E-state index contributed by atoms with van der Waals surface area (Å²) in [5.74, 6) is -0.745. The molecule has 1 aliphatic heterocycles. The molecular formula is C42H55N5O9S. The lowest BCUT2D eigenvalue weighted by molar-refractivity contribution is -0.139. The molecule has 3 aromatic rings. The molecule has 3 unspecified atom stereocenters. The number of nitrogens with zero attached hydrogens (tertiary/aromatic N) is 1. The third kappa shape index (κ3) is 12.4. The standard InChI is InChI=1S/C26H42N4O7S.C16H13NO2/c1-26(2,3)37-25(34)28-20(24(33)30-15-9-12-21(30)22(27)31)11-8-6-4-5-7-10-17-16-19(17)23(32)29-38(35,36)18-13-14-18;1-19-12-7-8-13-15(9-12)17-14(10-16(13)18)11-5-3-2-4-6-11/h7,10,17-21H,4-6,8-9,11-16H2,1-3H3,(H2,27,31)(H,28,34)(H,29,32);2-10H,1H3,(H,17,18)/b10-7-;/t17?,19?,20-,21?;/m0./s1. The number of carbonyl (C=O) groups is 4. The number of nitrogens with two attached hydrogens (primary N) is 1. The number of hydrogen-bond donors (Lipinski definition) is 4. The highest BCUT2D eigenvalue weighted by molar-refractivity contribution is 7.90. The van der Waals surface area contributed by atoms with Crippen LogP contribution >= 0.6 is 0 Å². The third-order valence-corrected chi connectivity index (χ3v) is 11.9. The van der Waals surface area contributed by atoms with E-state index < -0.39 is 50.9 Å². The maximum absolute atomic E-state index is 13.2. The zero-order valence-corrected chi connectivity index (χ0v) is 33.9. The highest BCUT2D eigenvalue weighted by Crippen LogP contribution is 2.40. The molecule has 0 bridgehead atoms. The largest absolute Gasteiger partial charge is 0.497 e. The van der Waals surface area contributed by atoms with Crippen LogP contribution in [0.5, 0.6) is 5.75 Å². The van der Waals surface area contributed by atoms with E-state index in [-0.39, 0.29) is 23.2 Å². The Morgan fingerprint density at radius 3 is 2.42 bits per heavy atom. The summed E-state index contributed by atoms with van der Waals surface area (Å²) < 4.78 is 36.5. The fourth-order valence-corrected chi connectivity index (χ4v) is 8.19. The Hall–Kier alpha value is -5.18. The van der Waals surface area contributed by atoms with E-state index in [2.05, 4.69) is 15.0 Å². The second kappa shape index (κ2) is 18.8. The number of likely N-dealkylation sites (tertiary alicyclic amines) is 1. The van der Waals surface area contributed by atoms with Crippen LogP contribution in [0.25, 0.3) is 22.2 Å². The van der Waals surface area contributed by atoms with Crippen LogP contribution < -0.4 is 25.9 Å². The van der Waals surface area contributed by atoms with Gasteiger partial charge in [-0.05, 0) is 95.8 Å². The van der Waals surface area contributed by atoms with Crippen LogP contribution in [-0.2, 0) is 29.1 Å². The highest BCUT2D eigenvalue weighted by atomic mass is 32.2. The molecule has 4 atom stereocenters. The van der Waals surface area contributed by atoms with Crippen LogP contribution in [0.2, 0.25) is 0 Å². The first-order valence-electron chi connectivity index (χ1n) is 19.6. The highest BCUT2D eigenvalue weighted by Gasteiger charge is 2.45. The van der Waals surface area contributed by atoms with Crippen molar-refractivity contribution in [2.75, 3.05) is 13.7 Å². The number of sulfonamides is 1.